The van der Waals surface area contributed by atoms with Gasteiger partial charge in [0.05, 0.1) is 25.6 Å². The topological polar surface area (TPSA) is 71.5 Å². The SMILES string of the molecule is COc1cccc(CC(=O)N[C@@H]2CC(=O)N(C)[C@H]2c2cccnc2)c1. The molecule has 0 spiro atoms. The summed E-state index contributed by atoms with van der Waals surface area (Å²) in [5.41, 5.74) is 1.79. The van der Waals surface area contributed by atoms with Crippen molar-refractivity contribution in [2.24, 2.45) is 0 Å². The summed E-state index contributed by atoms with van der Waals surface area (Å²) in [5, 5.41) is 3.00. The predicted molar refractivity (Wildman–Crippen MR) is 93.0 cm³/mol. The van der Waals surface area contributed by atoms with E-state index in [0.29, 0.717) is 12.2 Å². The lowest BCUT2D eigenvalue weighted by molar-refractivity contribution is -0.127. The van der Waals surface area contributed by atoms with Gasteiger partial charge in [-0.3, -0.25) is 14.6 Å². The van der Waals surface area contributed by atoms with Crippen molar-refractivity contribution in [3.05, 3.63) is 59.9 Å². The third kappa shape index (κ3) is 3.79. The molecule has 1 aromatic carbocycles. The van der Waals surface area contributed by atoms with E-state index in [4.69, 9.17) is 4.74 Å². The second-order valence-electron chi connectivity index (χ2n) is 6.14. The lowest BCUT2D eigenvalue weighted by Gasteiger charge is -2.25. The average Bonchev–Trinajstić information content (AvgIpc) is 2.89. The van der Waals surface area contributed by atoms with Gasteiger partial charge in [-0.25, -0.2) is 0 Å². The minimum absolute atomic E-state index is 0.0144. The van der Waals surface area contributed by atoms with Gasteiger partial charge < -0.3 is 15.0 Å². The number of methoxy groups -OCH3 is 1. The van der Waals surface area contributed by atoms with Gasteiger partial charge in [0, 0.05) is 25.9 Å². The van der Waals surface area contributed by atoms with Crippen molar-refractivity contribution in [2.75, 3.05) is 14.2 Å². The molecule has 1 aliphatic rings. The van der Waals surface area contributed by atoms with Gasteiger partial charge in [0.15, 0.2) is 0 Å². The molecule has 0 aliphatic carbocycles. The van der Waals surface area contributed by atoms with Crippen molar-refractivity contribution >= 4 is 11.8 Å². The Kier molecular flexibility index (Phi) is 4.97. The number of hydrogen-bond acceptors (Lipinski definition) is 4. The molecular weight excluding hydrogens is 318 g/mol. The fourth-order valence-electron chi connectivity index (χ4n) is 3.23. The normalized spacial score (nSPS) is 19.8. The second-order valence-corrected chi connectivity index (χ2v) is 6.14. The molecule has 2 heterocycles. The van der Waals surface area contributed by atoms with Crippen LogP contribution in [0.25, 0.3) is 0 Å². The van der Waals surface area contributed by atoms with Crippen LogP contribution in [0.15, 0.2) is 48.8 Å². The molecule has 1 aromatic heterocycles. The number of likely N-dealkylation sites (tertiary alicyclic amines) is 1. The van der Waals surface area contributed by atoms with Crippen molar-refractivity contribution in [1.29, 1.82) is 0 Å². The number of nitrogens with one attached hydrogen (secondary N) is 1. The third-order valence-electron chi connectivity index (χ3n) is 4.46. The number of aromatic nitrogens is 1. The van der Waals surface area contributed by atoms with Crippen LogP contribution >= 0.6 is 0 Å². The molecule has 2 atom stereocenters. The van der Waals surface area contributed by atoms with E-state index >= 15 is 0 Å². The summed E-state index contributed by atoms with van der Waals surface area (Å²) in [7, 11) is 3.35. The maximum atomic E-state index is 12.5. The molecule has 25 heavy (non-hydrogen) atoms. The Morgan fingerprint density at radius 3 is 2.92 bits per heavy atom. The number of ether oxygens (including phenoxy) is 1. The van der Waals surface area contributed by atoms with Gasteiger partial charge in [0.25, 0.3) is 0 Å². The molecule has 1 fully saturated rings. The van der Waals surface area contributed by atoms with Crippen LogP contribution in [0, 0.1) is 0 Å². The molecule has 1 aliphatic heterocycles. The number of carbonyl (C=O) groups excluding carboxylic acids is 2. The zero-order valence-electron chi connectivity index (χ0n) is 14.3. The Labute approximate surface area is 146 Å². The van der Waals surface area contributed by atoms with Crippen molar-refractivity contribution in [3.8, 4) is 5.75 Å². The number of hydrogen-bond donors (Lipinski definition) is 1. The molecule has 0 unspecified atom stereocenters. The van der Waals surface area contributed by atoms with Crippen molar-refractivity contribution in [3.63, 3.8) is 0 Å². The van der Waals surface area contributed by atoms with E-state index in [2.05, 4.69) is 10.3 Å². The van der Waals surface area contributed by atoms with Crippen LogP contribution in [-0.4, -0.2) is 41.9 Å². The van der Waals surface area contributed by atoms with Crippen LogP contribution in [0.5, 0.6) is 5.75 Å². The smallest absolute Gasteiger partial charge is 0.225 e. The average molecular weight is 339 g/mol. The van der Waals surface area contributed by atoms with Gasteiger partial charge in [-0.15, -0.1) is 0 Å². The first-order chi connectivity index (χ1) is 12.1. The van der Waals surface area contributed by atoms with Crippen LogP contribution in [0.1, 0.15) is 23.6 Å². The van der Waals surface area contributed by atoms with Crippen molar-refractivity contribution < 1.29 is 14.3 Å². The van der Waals surface area contributed by atoms with E-state index in [0.717, 1.165) is 11.1 Å². The molecule has 3 rings (SSSR count). The number of likely N-dealkylation sites (N-methyl/N-ethyl adjacent to an activating group) is 1. The lowest BCUT2D eigenvalue weighted by Crippen LogP contribution is -2.39. The molecule has 6 heteroatoms. The van der Waals surface area contributed by atoms with Crippen LogP contribution < -0.4 is 10.1 Å². The first kappa shape index (κ1) is 17.0. The first-order valence-corrected chi connectivity index (χ1v) is 8.16. The fourth-order valence-corrected chi connectivity index (χ4v) is 3.23. The van der Waals surface area contributed by atoms with E-state index in [1.54, 1.807) is 31.5 Å². The molecule has 0 bridgehead atoms. The van der Waals surface area contributed by atoms with E-state index < -0.39 is 0 Å². The summed E-state index contributed by atoms with van der Waals surface area (Å²) >= 11 is 0. The zero-order valence-corrected chi connectivity index (χ0v) is 14.3. The minimum Gasteiger partial charge on any atom is -0.497 e. The number of amides is 2. The number of rotatable bonds is 5. The molecule has 1 N–H and O–H groups in total. The van der Waals surface area contributed by atoms with Crippen LogP contribution in [0.3, 0.4) is 0 Å². The predicted octanol–water partition coefficient (Wildman–Crippen LogP) is 1.72. The molecule has 0 radical (unpaired) electrons. The van der Waals surface area contributed by atoms with Gasteiger partial charge in [-0.05, 0) is 29.3 Å². The van der Waals surface area contributed by atoms with Crippen LogP contribution in [-0.2, 0) is 16.0 Å². The number of nitrogens with zero attached hydrogens (tertiary/aromatic N) is 2. The lowest BCUT2D eigenvalue weighted by atomic mass is 10.0. The van der Waals surface area contributed by atoms with Gasteiger partial charge in [-0.1, -0.05) is 18.2 Å². The van der Waals surface area contributed by atoms with Gasteiger partial charge >= 0.3 is 0 Å². The van der Waals surface area contributed by atoms with Crippen molar-refractivity contribution in [2.45, 2.75) is 24.9 Å². The molecule has 130 valence electrons. The highest BCUT2D eigenvalue weighted by Gasteiger charge is 2.39. The molecule has 2 aromatic rings. The minimum atomic E-state index is -0.264. The largest absolute Gasteiger partial charge is 0.497 e. The summed E-state index contributed by atoms with van der Waals surface area (Å²) < 4.78 is 5.18. The fraction of sp³-hybridized carbons (Fsp3) is 0.316. The Morgan fingerprint density at radius 2 is 2.20 bits per heavy atom. The summed E-state index contributed by atoms with van der Waals surface area (Å²) in [6.45, 7) is 0. The maximum absolute atomic E-state index is 12.5. The Balaban J connectivity index is 1.71. The standard InChI is InChI=1S/C19H21N3O3/c1-22-18(24)11-16(19(22)14-6-4-8-20-12-14)21-17(23)10-13-5-3-7-15(9-13)25-2/h3-9,12,16,19H,10-11H2,1-2H3,(H,21,23)/t16-,19+/m1/s1. The molecule has 1 saturated heterocycles. The van der Waals surface area contributed by atoms with E-state index in [-0.39, 0.29) is 30.3 Å². The second kappa shape index (κ2) is 7.34. The molecule has 6 nitrogen and oxygen atoms in total. The highest BCUT2D eigenvalue weighted by Crippen LogP contribution is 2.31. The van der Waals surface area contributed by atoms with E-state index in [1.807, 2.05) is 36.4 Å². The highest BCUT2D eigenvalue weighted by atomic mass is 16.5. The Bertz CT molecular complexity index is 764. The summed E-state index contributed by atoms with van der Waals surface area (Å²) in [5.74, 6) is 0.616. The monoisotopic (exact) mass is 339 g/mol. The molecular formula is C19H21N3O3. The molecule has 2 amide bonds. The summed E-state index contributed by atoms with van der Waals surface area (Å²) in [4.78, 5) is 30.4. The number of carbonyl (C=O) groups is 2. The van der Waals surface area contributed by atoms with Gasteiger partial charge in [-0.2, -0.15) is 0 Å². The van der Waals surface area contributed by atoms with Crippen LogP contribution in [0.4, 0.5) is 0 Å². The number of pyridine rings is 1. The van der Waals surface area contributed by atoms with E-state index in [9.17, 15) is 9.59 Å². The summed E-state index contributed by atoms with van der Waals surface area (Å²) in [6, 6.07) is 10.7. The zero-order chi connectivity index (χ0) is 17.8. The third-order valence-corrected chi connectivity index (χ3v) is 4.46. The van der Waals surface area contributed by atoms with Gasteiger partial charge in [0.2, 0.25) is 11.8 Å². The maximum Gasteiger partial charge on any atom is 0.225 e. The highest BCUT2D eigenvalue weighted by molar-refractivity contribution is 5.83. The van der Waals surface area contributed by atoms with E-state index in [1.165, 1.54) is 0 Å². The van der Waals surface area contributed by atoms with Crippen LogP contribution in [0.2, 0.25) is 0 Å². The first-order valence-electron chi connectivity index (χ1n) is 8.16. The Hall–Kier alpha value is -2.89. The Morgan fingerprint density at radius 1 is 1.36 bits per heavy atom. The quantitative estimate of drug-likeness (QED) is 0.900. The van der Waals surface area contributed by atoms with Crippen molar-refractivity contribution in [1.82, 2.24) is 15.2 Å². The van der Waals surface area contributed by atoms with Gasteiger partial charge in [0.1, 0.15) is 5.75 Å². The number of benzene rings is 1. The molecule has 0 saturated carbocycles. The summed E-state index contributed by atoms with van der Waals surface area (Å²) in [6.07, 6.45) is 3.96.